The van der Waals surface area contributed by atoms with Crippen molar-refractivity contribution in [3.8, 4) is 5.75 Å². The number of primary sulfonamides is 1. The summed E-state index contributed by atoms with van der Waals surface area (Å²) in [6.07, 6.45) is 3.37. The standard InChI is InChI=1S/C11H11BrClN3O3S/c1-16-5-7(4-15-16)6-19-11-9(13)2-8(12)3-10(11)20(14,17)18/h2-5H,6H2,1H3,(H2,14,17,18). The Kier molecular flexibility index (Phi) is 4.38. The predicted octanol–water partition coefficient (Wildman–Crippen LogP) is 2.06. The fraction of sp³-hybridized carbons (Fsp3) is 0.182. The van der Waals surface area contributed by atoms with Crippen molar-refractivity contribution in [3.05, 3.63) is 39.6 Å². The maximum atomic E-state index is 11.6. The van der Waals surface area contributed by atoms with Gasteiger partial charge in [0.15, 0.2) is 5.75 Å². The third kappa shape index (κ3) is 3.51. The topological polar surface area (TPSA) is 87.2 Å². The summed E-state index contributed by atoms with van der Waals surface area (Å²) < 4.78 is 30.7. The molecular weight excluding hydrogens is 370 g/mol. The summed E-state index contributed by atoms with van der Waals surface area (Å²) in [7, 11) is -2.17. The summed E-state index contributed by atoms with van der Waals surface area (Å²) in [5.41, 5.74) is 0.784. The largest absolute Gasteiger partial charge is 0.486 e. The third-order valence-corrected chi connectivity index (χ3v) is 4.08. The van der Waals surface area contributed by atoms with E-state index in [9.17, 15) is 8.42 Å². The van der Waals surface area contributed by atoms with Gasteiger partial charge >= 0.3 is 0 Å². The Balaban J connectivity index is 2.35. The summed E-state index contributed by atoms with van der Waals surface area (Å²) in [5, 5.41) is 9.31. The Labute approximate surface area is 129 Å². The molecule has 1 heterocycles. The van der Waals surface area contributed by atoms with Crippen LogP contribution in [0.1, 0.15) is 5.56 Å². The lowest BCUT2D eigenvalue weighted by atomic mass is 10.3. The van der Waals surface area contributed by atoms with Gasteiger partial charge in [-0.05, 0) is 12.1 Å². The van der Waals surface area contributed by atoms with Crippen LogP contribution in [0.25, 0.3) is 0 Å². The number of aryl methyl sites for hydroxylation is 1. The van der Waals surface area contributed by atoms with Gasteiger partial charge in [0, 0.05) is 23.3 Å². The SMILES string of the molecule is Cn1cc(COc2c(Cl)cc(Br)cc2S(N)(=O)=O)cn1. The van der Waals surface area contributed by atoms with Crippen LogP contribution >= 0.6 is 27.5 Å². The molecule has 2 rings (SSSR count). The van der Waals surface area contributed by atoms with Gasteiger partial charge in [-0.2, -0.15) is 5.10 Å². The molecule has 9 heteroatoms. The highest BCUT2D eigenvalue weighted by atomic mass is 79.9. The van der Waals surface area contributed by atoms with Crippen LogP contribution in [0.5, 0.6) is 5.75 Å². The lowest BCUT2D eigenvalue weighted by Crippen LogP contribution is -2.14. The highest BCUT2D eigenvalue weighted by molar-refractivity contribution is 9.10. The molecule has 0 fully saturated rings. The van der Waals surface area contributed by atoms with Crippen molar-refractivity contribution in [1.82, 2.24) is 9.78 Å². The van der Waals surface area contributed by atoms with Gasteiger partial charge in [-0.25, -0.2) is 13.6 Å². The number of hydrogen-bond acceptors (Lipinski definition) is 4. The van der Waals surface area contributed by atoms with Gasteiger partial charge < -0.3 is 4.74 Å². The maximum absolute atomic E-state index is 11.6. The molecule has 108 valence electrons. The fourth-order valence-electron chi connectivity index (χ4n) is 1.59. The summed E-state index contributed by atoms with van der Waals surface area (Å²) in [6.45, 7) is 0.137. The normalized spacial score (nSPS) is 11.6. The zero-order valence-corrected chi connectivity index (χ0v) is 13.5. The molecule has 0 atom stereocenters. The second-order valence-electron chi connectivity index (χ2n) is 4.07. The Morgan fingerprint density at radius 1 is 1.50 bits per heavy atom. The van der Waals surface area contributed by atoms with Crippen LogP contribution in [0.3, 0.4) is 0 Å². The highest BCUT2D eigenvalue weighted by Crippen LogP contribution is 2.35. The minimum Gasteiger partial charge on any atom is -0.486 e. The first kappa shape index (κ1) is 15.3. The Morgan fingerprint density at radius 2 is 2.20 bits per heavy atom. The zero-order valence-electron chi connectivity index (χ0n) is 10.4. The second-order valence-corrected chi connectivity index (χ2v) is 6.92. The summed E-state index contributed by atoms with van der Waals surface area (Å²) in [6, 6.07) is 2.88. The van der Waals surface area contributed by atoms with E-state index in [2.05, 4.69) is 21.0 Å². The van der Waals surface area contributed by atoms with Crippen LogP contribution < -0.4 is 9.88 Å². The first-order valence-corrected chi connectivity index (χ1v) is 8.11. The predicted molar refractivity (Wildman–Crippen MR) is 78.1 cm³/mol. The molecule has 2 aromatic rings. The summed E-state index contributed by atoms with van der Waals surface area (Å²) in [5.74, 6) is 0.0289. The molecule has 0 aliphatic carbocycles. The van der Waals surface area contributed by atoms with Gasteiger partial charge in [0.1, 0.15) is 11.5 Å². The van der Waals surface area contributed by atoms with E-state index in [4.69, 9.17) is 21.5 Å². The molecule has 0 spiro atoms. The molecule has 0 bridgehead atoms. The van der Waals surface area contributed by atoms with Gasteiger partial charge in [0.05, 0.1) is 11.2 Å². The quantitative estimate of drug-likeness (QED) is 0.879. The van der Waals surface area contributed by atoms with Crippen molar-refractivity contribution in [3.63, 3.8) is 0 Å². The van der Waals surface area contributed by atoms with E-state index < -0.39 is 10.0 Å². The molecule has 1 aromatic heterocycles. The lowest BCUT2D eigenvalue weighted by Gasteiger charge is -2.12. The lowest BCUT2D eigenvalue weighted by molar-refractivity contribution is 0.298. The molecule has 0 saturated heterocycles. The van der Waals surface area contributed by atoms with Crippen LogP contribution in [-0.2, 0) is 23.7 Å². The molecule has 2 N–H and O–H groups in total. The van der Waals surface area contributed by atoms with Crippen LogP contribution in [0.15, 0.2) is 33.9 Å². The molecular formula is C11H11BrClN3O3S. The van der Waals surface area contributed by atoms with Crippen LogP contribution in [0.2, 0.25) is 5.02 Å². The summed E-state index contributed by atoms with van der Waals surface area (Å²) >= 11 is 9.18. The molecule has 1 aromatic carbocycles. The molecule has 0 radical (unpaired) electrons. The number of benzene rings is 1. The van der Waals surface area contributed by atoms with E-state index in [0.717, 1.165) is 5.56 Å². The first-order valence-electron chi connectivity index (χ1n) is 5.39. The van der Waals surface area contributed by atoms with Gasteiger partial charge in [-0.1, -0.05) is 27.5 Å². The van der Waals surface area contributed by atoms with E-state index in [0.29, 0.717) is 4.47 Å². The zero-order chi connectivity index (χ0) is 14.9. The van der Waals surface area contributed by atoms with E-state index in [1.54, 1.807) is 24.1 Å². The van der Waals surface area contributed by atoms with Gasteiger partial charge in [-0.15, -0.1) is 0 Å². The van der Waals surface area contributed by atoms with Crippen molar-refractivity contribution >= 4 is 37.6 Å². The Morgan fingerprint density at radius 3 is 2.75 bits per heavy atom. The molecule has 0 aliphatic rings. The van der Waals surface area contributed by atoms with Crippen molar-refractivity contribution in [2.45, 2.75) is 11.5 Å². The van der Waals surface area contributed by atoms with E-state index >= 15 is 0 Å². The molecule has 0 saturated carbocycles. The van der Waals surface area contributed by atoms with Crippen LogP contribution in [0, 0.1) is 0 Å². The number of rotatable bonds is 4. The maximum Gasteiger partial charge on any atom is 0.241 e. The van der Waals surface area contributed by atoms with Crippen molar-refractivity contribution in [2.24, 2.45) is 12.2 Å². The third-order valence-electron chi connectivity index (χ3n) is 2.42. The molecule has 0 unspecified atom stereocenters. The molecule has 0 aliphatic heterocycles. The first-order chi connectivity index (χ1) is 9.27. The average Bonchev–Trinajstić information content (AvgIpc) is 2.72. The monoisotopic (exact) mass is 379 g/mol. The Bertz CT molecular complexity index is 745. The van der Waals surface area contributed by atoms with E-state index in [1.807, 2.05) is 0 Å². The minimum absolute atomic E-state index is 0.0289. The number of halogens is 2. The van der Waals surface area contributed by atoms with Crippen LogP contribution in [0.4, 0.5) is 0 Å². The molecule has 6 nitrogen and oxygen atoms in total. The fourth-order valence-corrected chi connectivity index (χ4v) is 3.38. The second kappa shape index (κ2) is 5.72. The minimum atomic E-state index is -3.94. The number of hydrogen-bond donors (Lipinski definition) is 1. The van der Waals surface area contributed by atoms with Crippen LogP contribution in [-0.4, -0.2) is 18.2 Å². The highest BCUT2D eigenvalue weighted by Gasteiger charge is 2.19. The average molecular weight is 381 g/mol. The number of ether oxygens (including phenoxy) is 1. The van der Waals surface area contributed by atoms with Gasteiger partial charge in [0.2, 0.25) is 10.0 Å². The number of nitrogens with zero attached hydrogens (tertiary/aromatic N) is 2. The summed E-state index contributed by atoms with van der Waals surface area (Å²) in [4.78, 5) is -0.166. The Hall–Kier alpha value is -1.09. The van der Waals surface area contributed by atoms with Crippen molar-refractivity contribution < 1.29 is 13.2 Å². The number of sulfonamides is 1. The number of nitrogens with two attached hydrogens (primary N) is 1. The molecule has 0 amide bonds. The number of aromatic nitrogens is 2. The van der Waals surface area contributed by atoms with Crippen molar-refractivity contribution in [1.29, 1.82) is 0 Å². The van der Waals surface area contributed by atoms with Crippen molar-refractivity contribution in [2.75, 3.05) is 0 Å². The van der Waals surface area contributed by atoms with E-state index in [1.165, 1.54) is 12.1 Å². The van der Waals surface area contributed by atoms with Gasteiger partial charge in [-0.3, -0.25) is 4.68 Å². The van der Waals surface area contributed by atoms with Gasteiger partial charge in [0.25, 0.3) is 0 Å². The van der Waals surface area contributed by atoms with E-state index in [-0.39, 0.29) is 22.3 Å². The molecule has 20 heavy (non-hydrogen) atoms. The smallest absolute Gasteiger partial charge is 0.241 e.